The van der Waals surface area contributed by atoms with E-state index in [1.807, 2.05) is 54.7 Å². The lowest BCUT2D eigenvalue weighted by Crippen LogP contribution is -2.12. The number of benzene rings is 6. The van der Waals surface area contributed by atoms with E-state index in [1.54, 1.807) is 0 Å². The van der Waals surface area contributed by atoms with Gasteiger partial charge in [0.15, 0.2) is 0 Å². The van der Waals surface area contributed by atoms with E-state index in [0.29, 0.717) is 4.90 Å². The summed E-state index contributed by atoms with van der Waals surface area (Å²) in [7, 11) is -2.84. The highest BCUT2D eigenvalue weighted by molar-refractivity contribution is 7.94. The van der Waals surface area contributed by atoms with Gasteiger partial charge in [-0.15, -0.1) is 0 Å². The summed E-state index contributed by atoms with van der Waals surface area (Å²) in [5.41, 5.74) is 7.41. The van der Waals surface area contributed by atoms with Gasteiger partial charge >= 0.3 is 0 Å². The van der Waals surface area contributed by atoms with Gasteiger partial charge < -0.3 is 9.13 Å². The second-order valence-corrected chi connectivity index (χ2v) is 13.0. The van der Waals surface area contributed by atoms with Gasteiger partial charge in [-0.3, -0.25) is 0 Å². The van der Waals surface area contributed by atoms with Crippen LogP contribution in [0.15, 0.2) is 166 Å². The summed E-state index contributed by atoms with van der Waals surface area (Å²) in [5, 5.41) is 4.72. The number of aromatic nitrogens is 2. The Hall–Kier alpha value is -5.39. The van der Waals surface area contributed by atoms with Gasteiger partial charge in [-0.1, -0.05) is 103 Å². The van der Waals surface area contributed by atoms with Crippen LogP contribution in [0.4, 0.5) is 0 Å². The molecule has 4 nitrogen and oxygen atoms in total. The summed E-state index contributed by atoms with van der Waals surface area (Å²) in [6.45, 7) is 0. The molecular weight excluding hydrogens is 547 g/mol. The molecule has 9 rings (SSSR count). The van der Waals surface area contributed by atoms with Crippen molar-refractivity contribution in [3.05, 3.63) is 157 Å². The first-order valence-electron chi connectivity index (χ1n) is 14.4. The highest BCUT2D eigenvalue weighted by Crippen LogP contribution is 2.44. The summed E-state index contributed by atoms with van der Waals surface area (Å²) in [5.74, 6) is 0. The fraction of sp³-hybridized carbons (Fsp3) is 0. The van der Waals surface area contributed by atoms with Crippen molar-refractivity contribution in [1.82, 2.24) is 9.13 Å². The third-order valence-electron chi connectivity index (χ3n) is 8.57. The van der Waals surface area contributed by atoms with E-state index in [2.05, 4.69) is 106 Å². The van der Waals surface area contributed by atoms with Gasteiger partial charge in [-0.2, -0.15) is 4.36 Å². The third kappa shape index (κ3) is 3.34. The molecule has 43 heavy (non-hydrogen) atoms. The van der Waals surface area contributed by atoms with E-state index in [0.717, 1.165) is 54.7 Å². The standard InChI is InChI=1S/C38H25N3OS/c42-43(27-15-5-2-6-16-27)36-22-12-9-19-32(36)35(25-39-43)41-34-21-11-8-18-29(34)31-24-23-30-28-17-7-10-20-33(28)40(37(30)38(31)41)26-13-3-1-4-14-26/h1-25H. The lowest BCUT2D eigenvalue weighted by Gasteiger charge is -2.22. The van der Waals surface area contributed by atoms with Gasteiger partial charge in [0.25, 0.3) is 0 Å². The van der Waals surface area contributed by atoms with Crippen molar-refractivity contribution >= 4 is 59.0 Å². The Morgan fingerprint density at radius 2 is 1.02 bits per heavy atom. The number of para-hydroxylation sites is 3. The first-order chi connectivity index (χ1) is 21.2. The summed E-state index contributed by atoms with van der Waals surface area (Å²) in [6, 6.07) is 49.8. The van der Waals surface area contributed by atoms with Crippen molar-refractivity contribution in [1.29, 1.82) is 0 Å². The number of hydrogen-bond donors (Lipinski definition) is 0. The Morgan fingerprint density at radius 3 is 1.72 bits per heavy atom. The molecule has 5 heteroatoms. The average molecular weight is 572 g/mol. The van der Waals surface area contributed by atoms with Crippen LogP contribution in [0.5, 0.6) is 0 Å². The van der Waals surface area contributed by atoms with Gasteiger partial charge in [0, 0.05) is 32.8 Å². The second-order valence-electron chi connectivity index (χ2n) is 10.9. The van der Waals surface area contributed by atoms with Gasteiger partial charge in [-0.25, -0.2) is 4.21 Å². The SMILES string of the molecule is O=S1(c2ccccc2)=NC=C(n2c3ccccc3c3ccc4c5ccccc5n(-c5ccccc5)c4c32)c2ccccc21. The molecule has 204 valence electrons. The molecule has 8 aromatic rings. The molecule has 0 saturated carbocycles. The number of fused-ring (bicyclic) bond motifs is 8. The smallest absolute Gasteiger partial charge is 0.109 e. The van der Waals surface area contributed by atoms with E-state index < -0.39 is 9.73 Å². The van der Waals surface area contributed by atoms with Crippen LogP contribution in [0.2, 0.25) is 0 Å². The fourth-order valence-corrected chi connectivity index (χ4v) is 8.73. The summed E-state index contributed by atoms with van der Waals surface area (Å²) in [6.07, 6.45) is 1.83. The molecule has 0 N–H and O–H groups in total. The highest BCUT2D eigenvalue weighted by Gasteiger charge is 2.28. The van der Waals surface area contributed by atoms with Crippen LogP contribution in [-0.2, 0) is 9.73 Å². The van der Waals surface area contributed by atoms with Gasteiger partial charge in [-0.05, 0) is 42.5 Å². The van der Waals surface area contributed by atoms with Crippen LogP contribution in [0.25, 0.3) is 55.0 Å². The molecule has 1 unspecified atom stereocenters. The van der Waals surface area contributed by atoms with Crippen LogP contribution in [0.1, 0.15) is 5.56 Å². The van der Waals surface area contributed by atoms with Crippen molar-refractivity contribution < 1.29 is 4.21 Å². The van der Waals surface area contributed by atoms with E-state index >= 15 is 0 Å². The molecule has 1 aliphatic heterocycles. The first kappa shape index (κ1) is 24.2. The minimum atomic E-state index is -2.84. The Kier molecular flexibility index (Phi) is 5.10. The maximum atomic E-state index is 14.6. The second kappa shape index (κ2) is 9.05. The molecule has 0 spiro atoms. The third-order valence-corrected chi connectivity index (χ3v) is 10.8. The molecule has 3 heterocycles. The quantitative estimate of drug-likeness (QED) is 0.208. The molecule has 0 bridgehead atoms. The zero-order chi connectivity index (χ0) is 28.5. The van der Waals surface area contributed by atoms with Crippen LogP contribution in [0.3, 0.4) is 0 Å². The zero-order valence-electron chi connectivity index (χ0n) is 23.1. The Bertz CT molecular complexity index is 2550. The lowest BCUT2D eigenvalue weighted by atomic mass is 10.1. The normalized spacial score (nSPS) is 16.4. The number of hydrogen-bond acceptors (Lipinski definition) is 2. The number of rotatable bonds is 3. The summed E-state index contributed by atoms with van der Waals surface area (Å²) >= 11 is 0. The van der Waals surface area contributed by atoms with E-state index in [1.165, 1.54) is 10.8 Å². The predicted octanol–water partition coefficient (Wildman–Crippen LogP) is 9.64. The number of nitrogens with zero attached hydrogens (tertiary/aromatic N) is 3. The molecule has 0 aliphatic carbocycles. The van der Waals surface area contributed by atoms with Crippen molar-refractivity contribution in [2.45, 2.75) is 9.79 Å². The largest absolute Gasteiger partial charge is 0.307 e. The molecule has 1 aliphatic rings. The summed E-state index contributed by atoms with van der Waals surface area (Å²) in [4.78, 5) is 1.45. The molecule has 2 aromatic heterocycles. The lowest BCUT2D eigenvalue weighted by molar-refractivity contribution is 0.675. The Morgan fingerprint density at radius 1 is 0.488 bits per heavy atom. The minimum absolute atomic E-state index is 0.714. The van der Waals surface area contributed by atoms with E-state index in [-0.39, 0.29) is 0 Å². The topological polar surface area (TPSA) is 39.3 Å². The average Bonchev–Trinajstić information content (AvgIpc) is 3.59. The van der Waals surface area contributed by atoms with E-state index in [9.17, 15) is 4.21 Å². The molecule has 1 atom stereocenters. The minimum Gasteiger partial charge on any atom is -0.307 e. The molecule has 0 saturated heterocycles. The van der Waals surface area contributed by atoms with Crippen molar-refractivity contribution in [2.24, 2.45) is 4.36 Å². The van der Waals surface area contributed by atoms with E-state index in [4.69, 9.17) is 4.36 Å². The maximum absolute atomic E-state index is 14.6. The van der Waals surface area contributed by atoms with Crippen molar-refractivity contribution in [3.63, 3.8) is 0 Å². The fourth-order valence-electron chi connectivity index (χ4n) is 6.74. The van der Waals surface area contributed by atoms with Crippen LogP contribution < -0.4 is 0 Å². The van der Waals surface area contributed by atoms with Crippen molar-refractivity contribution in [3.8, 4) is 5.69 Å². The highest BCUT2D eigenvalue weighted by atomic mass is 32.2. The van der Waals surface area contributed by atoms with Crippen LogP contribution >= 0.6 is 0 Å². The zero-order valence-corrected chi connectivity index (χ0v) is 23.9. The summed E-state index contributed by atoms with van der Waals surface area (Å²) < 4.78 is 24.2. The Labute approximate surface area is 248 Å². The maximum Gasteiger partial charge on any atom is 0.109 e. The molecule has 6 aromatic carbocycles. The Balaban J connectivity index is 1.49. The molecule has 0 amide bonds. The molecule has 0 fully saturated rings. The predicted molar refractivity (Wildman–Crippen MR) is 177 cm³/mol. The van der Waals surface area contributed by atoms with Crippen molar-refractivity contribution in [2.75, 3.05) is 0 Å². The van der Waals surface area contributed by atoms with Gasteiger partial charge in [0.2, 0.25) is 0 Å². The monoisotopic (exact) mass is 571 g/mol. The van der Waals surface area contributed by atoms with Gasteiger partial charge in [0.1, 0.15) is 9.73 Å². The first-order valence-corrected chi connectivity index (χ1v) is 15.9. The van der Waals surface area contributed by atoms with Crippen LogP contribution in [0, 0.1) is 0 Å². The molecule has 0 radical (unpaired) electrons. The molecular formula is C38H25N3OS. The van der Waals surface area contributed by atoms with Crippen LogP contribution in [-0.4, -0.2) is 13.3 Å². The van der Waals surface area contributed by atoms with Gasteiger partial charge in [0.05, 0.1) is 43.8 Å².